The fourth-order valence-corrected chi connectivity index (χ4v) is 2.35. The Morgan fingerprint density at radius 3 is 2.90 bits per heavy atom. The molecule has 0 unspecified atom stereocenters. The molecule has 0 bridgehead atoms. The number of anilines is 1. The van der Waals surface area contributed by atoms with Crippen LogP contribution in [0.5, 0.6) is 0 Å². The fourth-order valence-electron chi connectivity index (χ4n) is 2.35. The van der Waals surface area contributed by atoms with Crippen molar-refractivity contribution < 1.29 is 4.79 Å². The summed E-state index contributed by atoms with van der Waals surface area (Å²) in [4.78, 5) is 16.8. The first-order chi connectivity index (χ1) is 9.72. The molecule has 2 N–H and O–H groups in total. The number of hydrogen-bond donors (Lipinski definition) is 2. The summed E-state index contributed by atoms with van der Waals surface area (Å²) in [6.07, 6.45) is 5.75. The first-order valence-corrected chi connectivity index (χ1v) is 7.09. The van der Waals surface area contributed by atoms with Crippen LogP contribution in [0.2, 0.25) is 0 Å². The van der Waals surface area contributed by atoms with E-state index >= 15 is 0 Å². The van der Waals surface area contributed by atoms with E-state index in [-0.39, 0.29) is 5.91 Å². The molecule has 1 fully saturated rings. The van der Waals surface area contributed by atoms with Gasteiger partial charge in [-0.1, -0.05) is 6.92 Å². The third-order valence-electron chi connectivity index (χ3n) is 3.83. The predicted octanol–water partition coefficient (Wildman–Crippen LogP) is 1.62. The van der Waals surface area contributed by atoms with E-state index in [2.05, 4.69) is 20.7 Å². The average molecular weight is 273 g/mol. The Kier molecular flexibility index (Phi) is 3.30. The molecule has 0 aromatic carbocycles. The minimum atomic E-state index is -0.0764. The van der Waals surface area contributed by atoms with E-state index in [9.17, 15) is 4.79 Å². The number of amides is 1. The molecule has 6 heteroatoms. The first-order valence-electron chi connectivity index (χ1n) is 7.09. The Morgan fingerprint density at radius 1 is 1.50 bits per heavy atom. The van der Waals surface area contributed by atoms with Gasteiger partial charge in [0.25, 0.3) is 5.91 Å². The molecule has 106 valence electrons. The van der Waals surface area contributed by atoms with Crippen LogP contribution in [0.4, 0.5) is 5.82 Å². The van der Waals surface area contributed by atoms with Crippen LogP contribution in [0, 0.1) is 0 Å². The highest BCUT2D eigenvalue weighted by Gasteiger charge is 2.23. The third-order valence-corrected chi connectivity index (χ3v) is 3.83. The summed E-state index contributed by atoms with van der Waals surface area (Å²) < 4.78 is 1.68. The molecule has 1 saturated carbocycles. The maximum Gasteiger partial charge on any atom is 0.256 e. The number of carbonyl (C=O) groups is 1. The average Bonchev–Trinajstić information content (AvgIpc) is 2.85. The van der Waals surface area contributed by atoms with Crippen LogP contribution in [0.25, 0.3) is 5.65 Å². The largest absolute Gasteiger partial charge is 0.373 e. The Labute approximate surface area is 117 Å². The van der Waals surface area contributed by atoms with Gasteiger partial charge in [0.1, 0.15) is 11.4 Å². The Hall–Kier alpha value is -2.11. The monoisotopic (exact) mass is 273 g/mol. The minimum absolute atomic E-state index is 0.0764. The second kappa shape index (κ2) is 5.11. The van der Waals surface area contributed by atoms with Crippen molar-refractivity contribution in [3.63, 3.8) is 0 Å². The van der Waals surface area contributed by atoms with Crippen molar-refractivity contribution >= 4 is 17.4 Å². The number of nitrogens with one attached hydrogen (secondary N) is 2. The fraction of sp³-hybridized carbons (Fsp3) is 0.500. The van der Waals surface area contributed by atoms with E-state index in [1.54, 1.807) is 10.7 Å². The minimum Gasteiger partial charge on any atom is -0.373 e. The molecule has 0 radical (unpaired) electrons. The Morgan fingerprint density at radius 2 is 2.30 bits per heavy atom. The SMILES string of the molecule is CCc1cc(NC)n2ncc(C(=O)NC3CCC3)c2n1. The zero-order valence-electron chi connectivity index (χ0n) is 11.8. The van der Waals surface area contributed by atoms with Crippen molar-refractivity contribution in [2.45, 2.75) is 38.6 Å². The maximum atomic E-state index is 12.3. The lowest BCUT2D eigenvalue weighted by Gasteiger charge is -2.26. The lowest BCUT2D eigenvalue weighted by Crippen LogP contribution is -2.39. The van der Waals surface area contributed by atoms with Gasteiger partial charge in [0.05, 0.1) is 6.20 Å². The highest BCUT2D eigenvalue weighted by atomic mass is 16.1. The molecule has 0 atom stereocenters. The molecule has 0 aliphatic heterocycles. The second-order valence-corrected chi connectivity index (χ2v) is 5.13. The molecule has 2 aromatic rings. The molecule has 20 heavy (non-hydrogen) atoms. The van der Waals surface area contributed by atoms with Gasteiger partial charge in [0.2, 0.25) is 0 Å². The van der Waals surface area contributed by atoms with Crippen LogP contribution in [-0.2, 0) is 6.42 Å². The van der Waals surface area contributed by atoms with Crippen molar-refractivity contribution in [1.82, 2.24) is 19.9 Å². The summed E-state index contributed by atoms with van der Waals surface area (Å²) in [5, 5.41) is 10.4. The van der Waals surface area contributed by atoms with E-state index in [0.717, 1.165) is 30.8 Å². The van der Waals surface area contributed by atoms with Gasteiger partial charge < -0.3 is 10.6 Å². The first kappa shape index (κ1) is 12.9. The van der Waals surface area contributed by atoms with E-state index in [4.69, 9.17) is 0 Å². The van der Waals surface area contributed by atoms with Crippen LogP contribution in [0.1, 0.15) is 42.2 Å². The number of carbonyl (C=O) groups excluding carboxylic acids is 1. The lowest BCUT2D eigenvalue weighted by molar-refractivity contribution is 0.0918. The number of aryl methyl sites for hydroxylation is 1. The molecule has 1 aliphatic rings. The molecule has 0 spiro atoms. The van der Waals surface area contributed by atoms with Crippen molar-refractivity contribution in [2.75, 3.05) is 12.4 Å². The van der Waals surface area contributed by atoms with E-state index < -0.39 is 0 Å². The number of nitrogens with zero attached hydrogens (tertiary/aromatic N) is 3. The molecule has 3 rings (SSSR count). The van der Waals surface area contributed by atoms with Crippen LogP contribution >= 0.6 is 0 Å². The quantitative estimate of drug-likeness (QED) is 0.888. The summed E-state index contributed by atoms with van der Waals surface area (Å²) in [6, 6.07) is 2.27. The summed E-state index contributed by atoms with van der Waals surface area (Å²) in [5.41, 5.74) is 2.11. The van der Waals surface area contributed by atoms with Crippen LogP contribution in [0.15, 0.2) is 12.3 Å². The molecule has 1 aliphatic carbocycles. The third kappa shape index (κ3) is 2.11. The number of aromatic nitrogens is 3. The Balaban J connectivity index is 2.00. The molecular formula is C14H19N5O. The normalized spacial score (nSPS) is 15.1. The highest BCUT2D eigenvalue weighted by Crippen LogP contribution is 2.20. The standard InChI is InChI=1S/C14H19N5O/c1-3-9-7-12(15-2)19-13(17-9)11(8-16-19)14(20)18-10-5-4-6-10/h7-8,10,15H,3-6H2,1-2H3,(H,18,20). The van der Waals surface area contributed by atoms with Gasteiger partial charge in [-0.3, -0.25) is 4.79 Å². The van der Waals surface area contributed by atoms with Gasteiger partial charge in [-0.2, -0.15) is 9.61 Å². The molecule has 6 nitrogen and oxygen atoms in total. The predicted molar refractivity (Wildman–Crippen MR) is 77.0 cm³/mol. The van der Waals surface area contributed by atoms with Crippen molar-refractivity contribution in [3.8, 4) is 0 Å². The van der Waals surface area contributed by atoms with Crippen molar-refractivity contribution in [3.05, 3.63) is 23.5 Å². The van der Waals surface area contributed by atoms with E-state index in [1.807, 2.05) is 20.0 Å². The second-order valence-electron chi connectivity index (χ2n) is 5.13. The molecule has 2 heterocycles. The van der Waals surface area contributed by atoms with Gasteiger partial charge >= 0.3 is 0 Å². The summed E-state index contributed by atoms with van der Waals surface area (Å²) in [6.45, 7) is 2.04. The Bertz CT molecular complexity index is 644. The smallest absolute Gasteiger partial charge is 0.256 e. The summed E-state index contributed by atoms with van der Waals surface area (Å²) in [7, 11) is 1.84. The summed E-state index contributed by atoms with van der Waals surface area (Å²) >= 11 is 0. The van der Waals surface area contributed by atoms with Crippen molar-refractivity contribution in [2.24, 2.45) is 0 Å². The molecule has 1 amide bonds. The van der Waals surface area contributed by atoms with Crippen molar-refractivity contribution in [1.29, 1.82) is 0 Å². The van der Waals surface area contributed by atoms with Crippen LogP contribution in [0.3, 0.4) is 0 Å². The zero-order valence-corrected chi connectivity index (χ0v) is 11.8. The van der Waals surface area contributed by atoms with E-state index in [0.29, 0.717) is 17.3 Å². The molecule has 0 saturated heterocycles. The maximum absolute atomic E-state index is 12.3. The van der Waals surface area contributed by atoms with Crippen LogP contribution in [-0.4, -0.2) is 33.6 Å². The molecule has 2 aromatic heterocycles. The van der Waals surface area contributed by atoms with Crippen LogP contribution < -0.4 is 10.6 Å². The van der Waals surface area contributed by atoms with Gasteiger partial charge in [0.15, 0.2) is 5.65 Å². The number of hydrogen-bond acceptors (Lipinski definition) is 4. The number of rotatable bonds is 4. The highest BCUT2D eigenvalue weighted by molar-refractivity contribution is 6.00. The van der Waals surface area contributed by atoms with Gasteiger partial charge in [-0.15, -0.1) is 0 Å². The van der Waals surface area contributed by atoms with E-state index in [1.165, 1.54) is 6.42 Å². The number of fused-ring (bicyclic) bond motifs is 1. The van der Waals surface area contributed by atoms with Gasteiger partial charge in [-0.05, 0) is 25.7 Å². The zero-order chi connectivity index (χ0) is 14.1. The molecular weight excluding hydrogens is 254 g/mol. The van der Waals surface area contributed by atoms with Gasteiger partial charge in [-0.25, -0.2) is 4.98 Å². The summed E-state index contributed by atoms with van der Waals surface area (Å²) in [5.74, 6) is 0.766. The van der Waals surface area contributed by atoms with Gasteiger partial charge in [0, 0.05) is 24.8 Å². The lowest BCUT2D eigenvalue weighted by atomic mass is 9.93. The topological polar surface area (TPSA) is 71.3 Å².